The van der Waals surface area contributed by atoms with Crippen molar-refractivity contribution in [3.8, 4) is 0 Å². The van der Waals surface area contributed by atoms with Gasteiger partial charge in [-0.3, -0.25) is 9.69 Å². The maximum absolute atomic E-state index is 11.2. The number of carbonyl (C=O) groups is 1. The van der Waals surface area contributed by atoms with Crippen molar-refractivity contribution in [3.63, 3.8) is 0 Å². The first-order valence-corrected chi connectivity index (χ1v) is 8.65. The molecule has 0 spiro atoms. The zero-order chi connectivity index (χ0) is 16.4. The maximum Gasteiger partial charge on any atom is 0.250 e. The predicted molar refractivity (Wildman–Crippen MR) is 92.1 cm³/mol. The molecule has 1 aliphatic rings. The summed E-state index contributed by atoms with van der Waals surface area (Å²) in [5, 5.41) is 3.61. The van der Waals surface area contributed by atoms with Crippen LogP contribution < -0.4 is 10.6 Å². The van der Waals surface area contributed by atoms with Crippen molar-refractivity contribution in [2.24, 2.45) is 5.73 Å². The smallest absolute Gasteiger partial charge is 0.250 e. The minimum Gasteiger partial charge on any atom is -0.366 e. The number of hydrogen-bond acceptors (Lipinski definition) is 6. The molecule has 1 atom stereocenters. The molecule has 1 fully saturated rings. The van der Waals surface area contributed by atoms with Gasteiger partial charge in [0.05, 0.1) is 16.6 Å². The summed E-state index contributed by atoms with van der Waals surface area (Å²) in [5.41, 5.74) is 5.57. The fraction of sp³-hybridized carbons (Fsp3) is 0.400. The zero-order valence-corrected chi connectivity index (χ0v) is 14.3. The third-order valence-electron chi connectivity index (χ3n) is 4.08. The van der Waals surface area contributed by atoms with E-state index in [1.165, 1.54) is 6.20 Å². The van der Waals surface area contributed by atoms with Crippen molar-refractivity contribution in [2.45, 2.75) is 13.0 Å². The van der Waals surface area contributed by atoms with Gasteiger partial charge in [0.15, 0.2) is 0 Å². The molecule has 2 aromatic heterocycles. The molecule has 0 bridgehead atoms. The number of piperazine rings is 1. The Morgan fingerprint density at radius 1 is 1.35 bits per heavy atom. The van der Waals surface area contributed by atoms with Gasteiger partial charge in [-0.15, -0.1) is 11.3 Å². The molecule has 1 aliphatic heterocycles. The molecule has 2 aromatic rings. The van der Waals surface area contributed by atoms with E-state index in [0.717, 1.165) is 31.2 Å². The first-order chi connectivity index (χ1) is 11.1. The summed E-state index contributed by atoms with van der Waals surface area (Å²) in [4.78, 5) is 24.4. The number of pyridine rings is 1. The second-order valence-corrected chi connectivity index (χ2v) is 6.80. The second kappa shape index (κ2) is 6.82. The largest absolute Gasteiger partial charge is 0.366 e. The lowest BCUT2D eigenvalue weighted by Crippen LogP contribution is -2.47. The fourth-order valence-corrected chi connectivity index (χ4v) is 3.73. The van der Waals surface area contributed by atoms with E-state index in [0.29, 0.717) is 22.4 Å². The van der Waals surface area contributed by atoms with Gasteiger partial charge in [-0.2, -0.15) is 0 Å². The number of aromatic nitrogens is 2. The quantitative estimate of drug-likeness (QED) is 0.913. The van der Waals surface area contributed by atoms with Crippen LogP contribution in [0.2, 0.25) is 5.02 Å². The summed E-state index contributed by atoms with van der Waals surface area (Å²) in [6.45, 7) is 5.67. The molecule has 3 rings (SSSR count). The minimum atomic E-state index is -0.520. The lowest BCUT2D eigenvalue weighted by atomic mass is 10.2. The number of thiazole rings is 1. The lowest BCUT2D eigenvalue weighted by Gasteiger charge is -2.38. The topological polar surface area (TPSA) is 75.3 Å². The van der Waals surface area contributed by atoms with E-state index in [2.05, 4.69) is 26.7 Å². The number of hydrogen-bond donors (Lipinski definition) is 1. The molecule has 1 amide bonds. The normalized spacial score (nSPS) is 17.2. The van der Waals surface area contributed by atoms with Crippen LogP contribution in [0.1, 0.15) is 28.3 Å². The molecule has 6 nitrogen and oxygen atoms in total. The first kappa shape index (κ1) is 16.2. The SMILES string of the molecule is CC(c1nccs1)N1CCN(c2ncc(C(N)=O)cc2Cl)CC1. The van der Waals surface area contributed by atoms with Crippen molar-refractivity contribution in [3.05, 3.63) is 39.4 Å². The Balaban J connectivity index is 1.66. The fourth-order valence-electron chi connectivity index (χ4n) is 2.72. The van der Waals surface area contributed by atoms with Crippen molar-refractivity contribution < 1.29 is 4.79 Å². The number of nitrogens with two attached hydrogens (primary N) is 1. The van der Waals surface area contributed by atoms with Crippen LogP contribution in [0.15, 0.2) is 23.8 Å². The van der Waals surface area contributed by atoms with Crippen molar-refractivity contribution in [1.82, 2.24) is 14.9 Å². The lowest BCUT2D eigenvalue weighted by molar-refractivity contribution is 0.1000. The van der Waals surface area contributed by atoms with Crippen LogP contribution in [0, 0.1) is 0 Å². The molecule has 1 unspecified atom stereocenters. The van der Waals surface area contributed by atoms with Crippen LogP contribution in [-0.4, -0.2) is 47.0 Å². The van der Waals surface area contributed by atoms with Gasteiger partial charge < -0.3 is 10.6 Å². The molecule has 3 heterocycles. The standard InChI is InChI=1S/C15H18ClN5OS/c1-10(15-18-2-7-23-15)20-3-5-21(6-4-20)14-12(16)8-11(9-19-14)13(17)22/h2,7-10H,3-6H2,1H3,(H2,17,22). The number of amides is 1. The van der Waals surface area contributed by atoms with Crippen LogP contribution in [0.3, 0.4) is 0 Å². The molecule has 8 heteroatoms. The van der Waals surface area contributed by atoms with E-state index < -0.39 is 5.91 Å². The van der Waals surface area contributed by atoms with Gasteiger partial charge >= 0.3 is 0 Å². The van der Waals surface area contributed by atoms with Crippen LogP contribution >= 0.6 is 22.9 Å². The Labute approximate surface area is 143 Å². The van der Waals surface area contributed by atoms with E-state index in [1.54, 1.807) is 17.4 Å². The summed E-state index contributed by atoms with van der Waals surface area (Å²) in [6, 6.07) is 1.90. The monoisotopic (exact) mass is 351 g/mol. The highest BCUT2D eigenvalue weighted by Crippen LogP contribution is 2.28. The Kier molecular flexibility index (Phi) is 4.79. The highest BCUT2D eigenvalue weighted by molar-refractivity contribution is 7.09. The molecule has 1 saturated heterocycles. The third kappa shape index (κ3) is 3.46. The molecular weight excluding hydrogens is 334 g/mol. The second-order valence-electron chi connectivity index (χ2n) is 5.46. The van der Waals surface area contributed by atoms with E-state index in [9.17, 15) is 4.79 Å². The van der Waals surface area contributed by atoms with Gasteiger partial charge in [0, 0.05) is 44.0 Å². The first-order valence-electron chi connectivity index (χ1n) is 7.40. The number of halogens is 1. The van der Waals surface area contributed by atoms with Crippen LogP contribution in [-0.2, 0) is 0 Å². The molecule has 0 aliphatic carbocycles. The van der Waals surface area contributed by atoms with E-state index in [4.69, 9.17) is 17.3 Å². The molecule has 0 radical (unpaired) electrons. The highest BCUT2D eigenvalue weighted by Gasteiger charge is 2.25. The average Bonchev–Trinajstić information content (AvgIpc) is 3.08. The van der Waals surface area contributed by atoms with Gasteiger partial charge in [-0.1, -0.05) is 11.6 Å². The molecule has 0 saturated carbocycles. The number of rotatable bonds is 4. The predicted octanol–water partition coefficient (Wildman–Crippen LogP) is 2.17. The van der Waals surface area contributed by atoms with Crippen molar-refractivity contribution in [1.29, 1.82) is 0 Å². The molecule has 23 heavy (non-hydrogen) atoms. The number of anilines is 1. The Morgan fingerprint density at radius 3 is 2.65 bits per heavy atom. The van der Waals surface area contributed by atoms with Gasteiger partial charge in [0.25, 0.3) is 0 Å². The third-order valence-corrected chi connectivity index (χ3v) is 5.30. The van der Waals surface area contributed by atoms with Crippen LogP contribution in [0.4, 0.5) is 5.82 Å². The van der Waals surface area contributed by atoms with Crippen molar-refractivity contribution in [2.75, 3.05) is 31.1 Å². The van der Waals surface area contributed by atoms with Gasteiger partial charge in [0.2, 0.25) is 5.91 Å². The summed E-state index contributed by atoms with van der Waals surface area (Å²) in [7, 11) is 0. The maximum atomic E-state index is 11.2. The zero-order valence-electron chi connectivity index (χ0n) is 12.8. The molecule has 0 aromatic carbocycles. The number of nitrogens with zero attached hydrogens (tertiary/aromatic N) is 4. The van der Waals surface area contributed by atoms with Crippen LogP contribution in [0.25, 0.3) is 0 Å². The van der Waals surface area contributed by atoms with E-state index >= 15 is 0 Å². The van der Waals surface area contributed by atoms with E-state index in [1.807, 2.05) is 11.6 Å². The molecule has 122 valence electrons. The summed E-state index contributed by atoms with van der Waals surface area (Å²) >= 11 is 7.94. The number of carbonyl (C=O) groups excluding carboxylic acids is 1. The molecule has 2 N–H and O–H groups in total. The highest BCUT2D eigenvalue weighted by atomic mass is 35.5. The van der Waals surface area contributed by atoms with E-state index in [-0.39, 0.29) is 0 Å². The van der Waals surface area contributed by atoms with Gasteiger partial charge in [-0.25, -0.2) is 9.97 Å². The Morgan fingerprint density at radius 2 is 2.09 bits per heavy atom. The van der Waals surface area contributed by atoms with Crippen LogP contribution in [0.5, 0.6) is 0 Å². The Bertz CT molecular complexity index is 685. The summed E-state index contributed by atoms with van der Waals surface area (Å²) in [5.74, 6) is 0.186. The minimum absolute atomic E-state index is 0.317. The molecular formula is C15H18ClN5OS. The van der Waals surface area contributed by atoms with Gasteiger partial charge in [-0.05, 0) is 13.0 Å². The summed E-state index contributed by atoms with van der Waals surface area (Å²) in [6.07, 6.45) is 3.32. The summed E-state index contributed by atoms with van der Waals surface area (Å²) < 4.78 is 0. The number of primary amides is 1. The van der Waals surface area contributed by atoms with Crippen molar-refractivity contribution >= 4 is 34.7 Å². The average molecular weight is 352 g/mol. The Hall–Kier alpha value is -1.70. The van der Waals surface area contributed by atoms with Gasteiger partial charge in [0.1, 0.15) is 10.8 Å².